The van der Waals surface area contributed by atoms with Gasteiger partial charge in [-0.05, 0) is 77.3 Å². The largest absolute Gasteiger partial charge is 0.444 e. The van der Waals surface area contributed by atoms with Crippen LogP contribution in [0.4, 0.5) is 9.59 Å². The quantitative estimate of drug-likeness (QED) is 0.126. The van der Waals surface area contributed by atoms with Crippen LogP contribution in [-0.2, 0) is 36.7 Å². The van der Waals surface area contributed by atoms with E-state index in [1.165, 1.54) is 0 Å². The highest BCUT2D eigenvalue weighted by Gasteiger charge is 2.34. The second kappa shape index (κ2) is 20.8. The van der Waals surface area contributed by atoms with Crippen LogP contribution in [0.15, 0.2) is 60.7 Å². The van der Waals surface area contributed by atoms with Crippen molar-refractivity contribution in [1.82, 2.24) is 21.3 Å². The smallest absolute Gasteiger partial charge is 0.408 e. The molecule has 2 rings (SSSR count). The number of aliphatic hydroxyl groups excluding tert-OH is 2. The number of hydrogen-bond donors (Lipinski definition) is 6. The summed E-state index contributed by atoms with van der Waals surface area (Å²) in [5.74, 6) is -2.30. The molecular formula is C41H62N4O9. The van der Waals surface area contributed by atoms with Crippen LogP contribution in [0.1, 0.15) is 93.2 Å². The first-order valence-electron chi connectivity index (χ1n) is 18.6. The van der Waals surface area contributed by atoms with E-state index in [1.807, 2.05) is 60.7 Å². The number of benzene rings is 2. The van der Waals surface area contributed by atoms with Crippen molar-refractivity contribution < 1.29 is 43.7 Å². The minimum absolute atomic E-state index is 0.175. The summed E-state index contributed by atoms with van der Waals surface area (Å²) in [5.41, 5.74) is 0.0196. The second-order valence-electron chi connectivity index (χ2n) is 16.4. The van der Waals surface area contributed by atoms with E-state index in [0.717, 1.165) is 11.1 Å². The van der Waals surface area contributed by atoms with Crippen molar-refractivity contribution >= 4 is 29.8 Å². The number of ether oxygens (including phenoxy) is 2. The average Bonchev–Trinajstić information content (AvgIpc) is 3.04. The van der Waals surface area contributed by atoms with Gasteiger partial charge in [-0.1, -0.05) is 88.4 Å². The highest BCUT2D eigenvalue weighted by molar-refractivity contribution is 5.87. The van der Waals surface area contributed by atoms with Gasteiger partial charge in [-0.25, -0.2) is 9.59 Å². The molecule has 0 aliphatic rings. The Morgan fingerprint density at radius 2 is 0.870 bits per heavy atom. The molecule has 0 heterocycles. The third-order valence-electron chi connectivity index (χ3n) is 8.30. The van der Waals surface area contributed by atoms with Crippen LogP contribution in [0.2, 0.25) is 0 Å². The first-order valence-corrected chi connectivity index (χ1v) is 18.6. The zero-order chi connectivity index (χ0) is 40.8. The number of carbonyl (C=O) groups excluding carboxylic acids is 5. The Hall–Kier alpha value is -4.49. The predicted molar refractivity (Wildman–Crippen MR) is 206 cm³/mol. The molecule has 0 saturated carbocycles. The summed E-state index contributed by atoms with van der Waals surface area (Å²) in [5, 5.41) is 33.7. The fourth-order valence-electron chi connectivity index (χ4n) is 5.62. The molecule has 2 aromatic rings. The molecule has 0 bridgehead atoms. The Balaban J connectivity index is 2.26. The lowest BCUT2D eigenvalue weighted by Gasteiger charge is -2.30. The van der Waals surface area contributed by atoms with E-state index in [0.29, 0.717) is 0 Å². The van der Waals surface area contributed by atoms with Crippen LogP contribution in [0, 0.1) is 11.8 Å². The van der Waals surface area contributed by atoms with Gasteiger partial charge in [-0.15, -0.1) is 0 Å². The first-order chi connectivity index (χ1) is 25.0. The fraction of sp³-hybridized carbons (Fsp3) is 0.585. The van der Waals surface area contributed by atoms with Gasteiger partial charge < -0.3 is 41.0 Å². The maximum atomic E-state index is 13.6. The molecule has 0 aliphatic carbocycles. The standard InChI is InChI=1S/C41H62N4O9/c1-25(2)34(44-38(51)53-40(5,6)7)36(49)42-30(21-27-17-13-11-14-18-27)32(47)23-29(46)24-33(48)31(22-28-19-15-12-16-20-28)43-37(50)35(26(3)4)45-39(52)54-41(8,9)10/h11-20,25-26,30-35,47-48H,21-24H2,1-10H3,(H,42,49)(H,43,50)(H,44,51)(H,45,52)/t30-,31-,32-,33-,34-,35-/m0/s1. The molecule has 6 N–H and O–H groups in total. The number of amides is 4. The normalized spacial score (nSPS) is 15.2. The Kier molecular flexibility index (Phi) is 17.6. The number of alkyl carbamates (subject to hydrolysis) is 2. The summed E-state index contributed by atoms with van der Waals surface area (Å²) < 4.78 is 10.7. The molecule has 4 amide bonds. The number of aliphatic hydroxyl groups is 2. The van der Waals surface area contributed by atoms with E-state index in [1.54, 1.807) is 69.2 Å². The molecule has 54 heavy (non-hydrogen) atoms. The van der Waals surface area contributed by atoms with Gasteiger partial charge >= 0.3 is 12.2 Å². The molecule has 6 atom stereocenters. The van der Waals surface area contributed by atoms with Crippen molar-refractivity contribution in [2.24, 2.45) is 11.8 Å². The molecule has 2 aromatic carbocycles. The number of rotatable bonds is 18. The summed E-state index contributed by atoms with van der Waals surface area (Å²) in [6.07, 6.45) is -4.74. The summed E-state index contributed by atoms with van der Waals surface area (Å²) in [6.45, 7) is 17.3. The van der Waals surface area contributed by atoms with Crippen LogP contribution in [0.3, 0.4) is 0 Å². The van der Waals surface area contributed by atoms with Gasteiger partial charge in [-0.2, -0.15) is 0 Å². The molecule has 0 aromatic heterocycles. The van der Waals surface area contributed by atoms with E-state index >= 15 is 0 Å². The Morgan fingerprint density at radius 1 is 0.556 bits per heavy atom. The summed E-state index contributed by atoms with van der Waals surface area (Å²) in [4.78, 5) is 65.7. The van der Waals surface area contributed by atoms with Gasteiger partial charge in [0.25, 0.3) is 0 Å². The molecular weight excluding hydrogens is 692 g/mol. The van der Waals surface area contributed by atoms with E-state index < -0.39 is 90.2 Å². The maximum Gasteiger partial charge on any atom is 0.408 e. The Morgan fingerprint density at radius 3 is 1.15 bits per heavy atom. The summed E-state index contributed by atoms with van der Waals surface area (Å²) in [7, 11) is 0. The van der Waals surface area contributed by atoms with Crippen molar-refractivity contribution in [1.29, 1.82) is 0 Å². The fourth-order valence-corrected chi connectivity index (χ4v) is 5.62. The zero-order valence-corrected chi connectivity index (χ0v) is 33.5. The number of carbonyl (C=O) groups is 5. The van der Waals surface area contributed by atoms with E-state index in [9.17, 15) is 34.2 Å². The van der Waals surface area contributed by atoms with Crippen molar-refractivity contribution in [3.05, 3.63) is 71.8 Å². The van der Waals surface area contributed by atoms with E-state index in [-0.39, 0.29) is 24.7 Å². The molecule has 0 unspecified atom stereocenters. The van der Waals surface area contributed by atoms with Crippen molar-refractivity contribution in [2.75, 3.05) is 0 Å². The van der Waals surface area contributed by atoms with Gasteiger partial charge in [0.1, 0.15) is 29.1 Å². The molecule has 0 fully saturated rings. The van der Waals surface area contributed by atoms with Gasteiger partial charge in [0.15, 0.2) is 0 Å². The van der Waals surface area contributed by atoms with Gasteiger partial charge in [0.05, 0.1) is 24.3 Å². The van der Waals surface area contributed by atoms with Crippen molar-refractivity contribution in [3.63, 3.8) is 0 Å². The monoisotopic (exact) mass is 754 g/mol. The number of nitrogens with one attached hydrogen (secondary N) is 4. The molecule has 300 valence electrons. The number of hydrogen-bond acceptors (Lipinski definition) is 9. The zero-order valence-electron chi connectivity index (χ0n) is 33.5. The summed E-state index contributed by atoms with van der Waals surface area (Å²) in [6, 6.07) is 14.4. The lowest BCUT2D eigenvalue weighted by Crippen LogP contribution is -2.56. The first kappa shape index (κ1) is 45.7. The molecule has 13 heteroatoms. The Bertz CT molecular complexity index is 1390. The van der Waals surface area contributed by atoms with Gasteiger partial charge in [0.2, 0.25) is 11.8 Å². The molecule has 0 saturated heterocycles. The van der Waals surface area contributed by atoms with Crippen LogP contribution < -0.4 is 21.3 Å². The highest BCUT2D eigenvalue weighted by Crippen LogP contribution is 2.17. The topological polar surface area (TPSA) is 192 Å². The van der Waals surface area contributed by atoms with Gasteiger partial charge in [0, 0.05) is 12.8 Å². The van der Waals surface area contributed by atoms with Gasteiger partial charge in [-0.3, -0.25) is 14.4 Å². The lowest BCUT2D eigenvalue weighted by atomic mass is 9.92. The SMILES string of the molecule is CC(C)[C@H](NC(=O)OC(C)(C)C)C(=O)N[C@@H](Cc1ccccc1)[C@@H](O)CC(=O)C[C@H](O)[C@H](Cc1ccccc1)NC(=O)[C@@H](NC(=O)OC(C)(C)C)C(C)C. The predicted octanol–water partition coefficient (Wildman–Crippen LogP) is 4.61. The van der Waals surface area contributed by atoms with Crippen LogP contribution in [0.25, 0.3) is 0 Å². The highest BCUT2D eigenvalue weighted by atomic mass is 16.6. The van der Waals surface area contributed by atoms with Crippen LogP contribution in [0.5, 0.6) is 0 Å². The van der Waals surface area contributed by atoms with Crippen LogP contribution in [-0.4, -0.2) is 87.6 Å². The summed E-state index contributed by atoms with van der Waals surface area (Å²) >= 11 is 0. The number of ketones is 1. The third-order valence-corrected chi connectivity index (χ3v) is 8.30. The molecule has 0 aliphatic heterocycles. The molecule has 0 radical (unpaired) electrons. The molecule has 13 nitrogen and oxygen atoms in total. The van der Waals surface area contributed by atoms with Crippen LogP contribution >= 0.6 is 0 Å². The van der Waals surface area contributed by atoms with Crippen molar-refractivity contribution in [2.45, 2.75) is 142 Å². The number of Topliss-reactive ketones (excluding diaryl/α,β-unsaturated/α-hetero) is 1. The maximum absolute atomic E-state index is 13.6. The molecule has 0 spiro atoms. The Labute approximate surface area is 320 Å². The third kappa shape index (κ3) is 17.1. The lowest BCUT2D eigenvalue weighted by molar-refractivity contribution is -0.129. The van der Waals surface area contributed by atoms with E-state index in [4.69, 9.17) is 9.47 Å². The van der Waals surface area contributed by atoms with Crippen molar-refractivity contribution in [3.8, 4) is 0 Å². The minimum Gasteiger partial charge on any atom is -0.444 e. The second-order valence-corrected chi connectivity index (χ2v) is 16.4. The average molecular weight is 755 g/mol. The van der Waals surface area contributed by atoms with E-state index in [2.05, 4.69) is 21.3 Å². The minimum atomic E-state index is -1.37.